The third kappa shape index (κ3) is 3.63. The minimum absolute atomic E-state index is 0.777. The third-order valence-corrected chi connectivity index (χ3v) is 2.52. The monoisotopic (exact) mass is 226 g/mol. The van der Waals surface area contributed by atoms with Gasteiger partial charge in [0.1, 0.15) is 0 Å². The molecule has 0 saturated heterocycles. The molecule has 1 rings (SSSR count). The summed E-state index contributed by atoms with van der Waals surface area (Å²) in [5.41, 5.74) is 2.29. The molecule has 0 aromatic heterocycles. The van der Waals surface area contributed by atoms with Crippen LogP contribution in [0.4, 0.5) is 11.4 Å². The van der Waals surface area contributed by atoms with Crippen LogP contribution in [0.25, 0.3) is 0 Å². The molecule has 0 heterocycles. The minimum Gasteiger partial charge on any atom is -0.383 e. The molecule has 0 fully saturated rings. The van der Waals surface area contributed by atoms with Gasteiger partial charge in [-0.2, -0.15) is 0 Å². The smallest absolute Gasteiger partial charge is 0.0597 e. The molecule has 0 radical (unpaired) electrons. The first-order valence-corrected chi connectivity index (χ1v) is 5.73. The quantitative estimate of drug-likeness (QED) is 0.772. The lowest BCUT2D eigenvalue weighted by molar-refractivity contribution is 0.834. The van der Waals surface area contributed by atoms with Crippen LogP contribution in [0.3, 0.4) is 0 Å². The fraction of sp³-hybridized carbons (Fsp3) is 0.500. The van der Waals surface area contributed by atoms with Gasteiger partial charge in [0.25, 0.3) is 0 Å². The van der Waals surface area contributed by atoms with Gasteiger partial charge in [0, 0.05) is 25.7 Å². The number of anilines is 2. The summed E-state index contributed by atoms with van der Waals surface area (Å²) in [7, 11) is 4.07. The Balaban J connectivity index is 2.77. The Hall–Kier alpha value is -0.890. The number of benzene rings is 1. The first-order valence-electron chi connectivity index (χ1n) is 5.36. The zero-order valence-corrected chi connectivity index (χ0v) is 10.4. The molecule has 0 aliphatic carbocycles. The topological polar surface area (TPSA) is 15.3 Å². The Labute approximate surface area is 97.2 Å². The maximum atomic E-state index is 5.98. The molecule has 0 bridgehead atoms. The lowest BCUT2D eigenvalue weighted by atomic mass is 10.2. The molecule has 1 aromatic rings. The van der Waals surface area contributed by atoms with Crippen LogP contribution in [0, 0.1) is 0 Å². The lowest BCUT2D eigenvalue weighted by Crippen LogP contribution is -2.12. The van der Waals surface area contributed by atoms with E-state index in [1.54, 1.807) is 0 Å². The number of hydrogen-bond acceptors (Lipinski definition) is 2. The van der Waals surface area contributed by atoms with Gasteiger partial charge >= 0.3 is 0 Å². The average molecular weight is 227 g/mol. The zero-order chi connectivity index (χ0) is 11.3. The zero-order valence-electron chi connectivity index (χ0n) is 9.68. The van der Waals surface area contributed by atoms with Gasteiger partial charge < -0.3 is 10.2 Å². The first kappa shape index (κ1) is 12.2. The van der Waals surface area contributed by atoms with Crippen LogP contribution in [-0.2, 0) is 0 Å². The third-order valence-electron chi connectivity index (χ3n) is 2.29. The summed E-state index contributed by atoms with van der Waals surface area (Å²) >= 11 is 5.98. The van der Waals surface area contributed by atoms with E-state index in [9.17, 15) is 0 Å². The van der Waals surface area contributed by atoms with Crippen molar-refractivity contribution in [2.75, 3.05) is 30.9 Å². The summed E-state index contributed by atoms with van der Waals surface area (Å²) in [5, 5.41) is 4.19. The molecular formula is C12H19ClN2. The number of unbranched alkanes of at least 4 members (excludes halogenated alkanes) is 1. The van der Waals surface area contributed by atoms with E-state index < -0.39 is 0 Å². The van der Waals surface area contributed by atoms with Gasteiger partial charge in [-0.3, -0.25) is 0 Å². The summed E-state index contributed by atoms with van der Waals surface area (Å²) < 4.78 is 0. The Morgan fingerprint density at radius 1 is 1.33 bits per heavy atom. The lowest BCUT2D eigenvalue weighted by Gasteiger charge is -2.18. The largest absolute Gasteiger partial charge is 0.383 e. The molecule has 84 valence electrons. The molecule has 3 heteroatoms. The summed E-state index contributed by atoms with van der Waals surface area (Å²) in [6.07, 6.45) is 2.38. The van der Waals surface area contributed by atoms with Crippen molar-refractivity contribution in [3.05, 3.63) is 23.2 Å². The van der Waals surface area contributed by atoms with Gasteiger partial charge in [0.2, 0.25) is 0 Å². The van der Waals surface area contributed by atoms with E-state index in [0.717, 1.165) is 17.3 Å². The Morgan fingerprint density at radius 2 is 2.07 bits per heavy atom. The maximum absolute atomic E-state index is 5.98. The van der Waals surface area contributed by atoms with E-state index in [1.165, 1.54) is 18.5 Å². The standard InChI is InChI=1S/C12H19ClN2/c1-4-5-8-14-11-9-10(13)6-7-12(11)15(2)3/h6-7,9,14H,4-5,8H2,1-3H3. The van der Waals surface area contributed by atoms with Crippen molar-refractivity contribution in [1.82, 2.24) is 0 Å². The van der Waals surface area contributed by atoms with Gasteiger partial charge in [0.05, 0.1) is 11.4 Å². The number of hydrogen-bond donors (Lipinski definition) is 1. The predicted molar refractivity (Wildman–Crippen MR) is 69.2 cm³/mol. The second-order valence-corrected chi connectivity index (χ2v) is 4.27. The molecule has 1 aromatic carbocycles. The van der Waals surface area contributed by atoms with E-state index >= 15 is 0 Å². The van der Waals surface area contributed by atoms with Crippen molar-refractivity contribution >= 4 is 23.0 Å². The Kier molecular flexibility index (Phi) is 4.76. The molecular weight excluding hydrogens is 208 g/mol. The number of nitrogens with one attached hydrogen (secondary N) is 1. The van der Waals surface area contributed by atoms with Crippen LogP contribution in [-0.4, -0.2) is 20.6 Å². The summed E-state index contributed by atoms with van der Waals surface area (Å²) in [6, 6.07) is 5.94. The highest BCUT2D eigenvalue weighted by Gasteiger charge is 2.04. The van der Waals surface area contributed by atoms with Crippen LogP contribution in [0.1, 0.15) is 19.8 Å². The van der Waals surface area contributed by atoms with E-state index in [-0.39, 0.29) is 0 Å². The van der Waals surface area contributed by atoms with Crippen LogP contribution in [0.2, 0.25) is 5.02 Å². The minimum atomic E-state index is 0.777. The predicted octanol–water partition coefficient (Wildman–Crippen LogP) is 3.62. The SMILES string of the molecule is CCCCNc1cc(Cl)ccc1N(C)C. The second kappa shape index (κ2) is 5.86. The van der Waals surface area contributed by atoms with Crippen LogP contribution < -0.4 is 10.2 Å². The highest BCUT2D eigenvalue weighted by molar-refractivity contribution is 6.31. The van der Waals surface area contributed by atoms with Crippen LogP contribution in [0.5, 0.6) is 0 Å². The van der Waals surface area contributed by atoms with E-state index in [0.29, 0.717) is 0 Å². The maximum Gasteiger partial charge on any atom is 0.0597 e. The molecule has 0 amide bonds. The van der Waals surface area contributed by atoms with Gasteiger partial charge in [-0.1, -0.05) is 24.9 Å². The summed E-state index contributed by atoms with van der Waals surface area (Å²) in [5.74, 6) is 0. The van der Waals surface area contributed by atoms with Gasteiger partial charge in [0.15, 0.2) is 0 Å². The fourth-order valence-electron chi connectivity index (χ4n) is 1.44. The molecule has 0 atom stereocenters. The highest BCUT2D eigenvalue weighted by Crippen LogP contribution is 2.27. The second-order valence-electron chi connectivity index (χ2n) is 3.84. The van der Waals surface area contributed by atoms with Gasteiger partial charge in [-0.15, -0.1) is 0 Å². The molecule has 0 aliphatic heterocycles. The molecule has 15 heavy (non-hydrogen) atoms. The normalized spacial score (nSPS) is 10.1. The Bertz CT molecular complexity index is 310. The Morgan fingerprint density at radius 3 is 2.67 bits per heavy atom. The van der Waals surface area contributed by atoms with Crippen LogP contribution >= 0.6 is 11.6 Å². The molecule has 0 saturated carbocycles. The molecule has 1 N–H and O–H groups in total. The van der Waals surface area contributed by atoms with E-state index in [4.69, 9.17) is 11.6 Å². The highest BCUT2D eigenvalue weighted by atomic mass is 35.5. The van der Waals surface area contributed by atoms with E-state index in [2.05, 4.69) is 17.1 Å². The first-order chi connectivity index (χ1) is 7.15. The van der Waals surface area contributed by atoms with Crippen molar-refractivity contribution in [1.29, 1.82) is 0 Å². The number of nitrogens with zero attached hydrogens (tertiary/aromatic N) is 1. The van der Waals surface area contributed by atoms with Crippen molar-refractivity contribution in [3.8, 4) is 0 Å². The van der Waals surface area contributed by atoms with Crippen molar-refractivity contribution in [2.45, 2.75) is 19.8 Å². The van der Waals surface area contributed by atoms with E-state index in [1.807, 2.05) is 32.3 Å². The molecule has 0 aliphatic rings. The van der Waals surface area contributed by atoms with Gasteiger partial charge in [-0.25, -0.2) is 0 Å². The van der Waals surface area contributed by atoms with Gasteiger partial charge in [-0.05, 0) is 24.6 Å². The summed E-state index contributed by atoms with van der Waals surface area (Å²) in [4.78, 5) is 2.09. The number of rotatable bonds is 5. The summed E-state index contributed by atoms with van der Waals surface area (Å²) in [6.45, 7) is 3.18. The fourth-order valence-corrected chi connectivity index (χ4v) is 1.61. The van der Waals surface area contributed by atoms with Crippen LogP contribution in [0.15, 0.2) is 18.2 Å². The number of halogens is 1. The van der Waals surface area contributed by atoms with Crippen molar-refractivity contribution in [3.63, 3.8) is 0 Å². The molecule has 0 spiro atoms. The molecule has 2 nitrogen and oxygen atoms in total. The average Bonchev–Trinajstić information content (AvgIpc) is 2.18. The van der Waals surface area contributed by atoms with Crippen molar-refractivity contribution < 1.29 is 0 Å². The molecule has 0 unspecified atom stereocenters. The van der Waals surface area contributed by atoms with Crippen molar-refractivity contribution in [2.24, 2.45) is 0 Å².